The van der Waals surface area contributed by atoms with Gasteiger partial charge in [0.15, 0.2) is 11.5 Å². The Balaban J connectivity index is 2.21. The summed E-state index contributed by atoms with van der Waals surface area (Å²) in [5.74, 6) is -0.693. The predicted molar refractivity (Wildman–Crippen MR) is 130 cm³/mol. The third-order valence-electron chi connectivity index (χ3n) is 6.14. The van der Waals surface area contributed by atoms with E-state index in [1.165, 1.54) is 11.0 Å². The maximum absolute atomic E-state index is 13.2. The molecule has 7 nitrogen and oxygen atoms in total. The Kier molecular flexibility index (Phi) is 7.87. The molecule has 1 saturated heterocycles. The maximum Gasteiger partial charge on any atom is 0.295 e. The number of unbranched alkanes of at least 4 members (excludes halogenated alkanes) is 2. The minimum absolute atomic E-state index is 0.0299. The van der Waals surface area contributed by atoms with Gasteiger partial charge in [0.1, 0.15) is 11.5 Å². The summed E-state index contributed by atoms with van der Waals surface area (Å²) < 4.78 is 10.9. The molecular formula is C27H33NO6. The molecule has 1 atom stereocenters. The first-order valence-electron chi connectivity index (χ1n) is 11.6. The van der Waals surface area contributed by atoms with E-state index in [1.54, 1.807) is 38.3 Å². The van der Waals surface area contributed by atoms with Crippen LogP contribution in [0.5, 0.6) is 17.2 Å². The molecular weight excluding hydrogens is 434 g/mol. The highest BCUT2D eigenvalue weighted by molar-refractivity contribution is 6.46. The van der Waals surface area contributed by atoms with Crippen molar-refractivity contribution in [1.82, 2.24) is 4.90 Å². The van der Waals surface area contributed by atoms with Gasteiger partial charge in [0, 0.05) is 12.1 Å². The van der Waals surface area contributed by atoms with E-state index < -0.39 is 17.7 Å². The Morgan fingerprint density at radius 1 is 1.03 bits per heavy atom. The zero-order chi connectivity index (χ0) is 25.0. The van der Waals surface area contributed by atoms with Crippen LogP contribution in [0.2, 0.25) is 0 Å². The van der Waals surface area contributed by atoms with Crippen LogP contribution in [0.25, 0.3) is 5.76 Å². The van der Waals surface area contributed by atoms with Crippen molar-refractivity contribution in [1.29, 1.82) is 0 Å². The molecule has 2 aromatic carbocycles. The molecule has 3 rings (SSSR count). The fraction of sp³-hybridized carbons (Fsp3) is 0.407. The fourth-order valence-corrected chi connectivity index (χ4v) is 4.37. The fourth-order valence-electron chi connectivity index (χ4n) is 4.37. The molecule has 34 heavy (non-hydrogen) atoms. The minimum atomic E-state index is -0.793. The van der Waals surface area contributed by atoms with Crippen LogP contribution >= 0.6 is 0 Å². The van der Waals surface area contributed by atoms with Crippen molar-refractivity contribution < 1.29 is 29.3 Å². The number of carbonyl (C=O) groups is 2. The number of Topliss-reactive ketones (excluding diaryl/α,β-unsaturated/α-hetero) is 1. The number of aliphatic hydroxyl groups excluding tert-OH is 1. The van der Waals surface area contributed by atoms with Gasteiger partial charge in [-0.2, -0.15) is 0 Å². The van der Waals surface area contributed by atoms with Gasteiger partial charge in [-0.3, -0.25) is 9.59 Å². The number of hydrogen-bond donors (Lipinski definition) is 2. The molecule has 1 aliphatic rings. The normalized spacial score (nSPS) is 17.3. The molecule has 0 aromatic heterocycles. The average molecular weight is 468 g/mol. The van der Waals surface area contributed by atoms with Crippen LogP contribution < -0.4 is 9.47 Å². The van der Waals surface area contributed by atoms with Gasteiger partial charge in [-0.25, -0.2) is 0 Å². The highest BCUT2D eigenvalue weighted by Gasteiger charge is 2.46. The Bertz CT molecular complexity index is 1120. The van der Waals surface area contributed by atoms with Gasteiger partial charge in [0.25, 0.3) is 11.7 Å². The number of rotatable bonds is 9. The molecule has 1 amide bonds. The van der Waals surface area contributed by atoms with Gasteiger partial charge in [-0.15, -0.1) is 0 Å². The van der Waals surface area contributed by atoms with E-state index in [4.69, 9.17) is 9.47 Å². The number of aromatic hydroxyl groups is 1. The topological polar surface area (TPSA) is 96.3 Å². The molecule has 0 saturated carbocycles. The number of nitrogens with zero attached hydrogens (tertiary/aromatic N) is 1. The van der Waals surface area contributed by atoms with Crippen molar-refractivity contribution in [2.24, 2.45) is 0 Å². The Morgan fingerprint density at radius 3 is 2.41 bits per heavy atom. The summed E-state index contributed by atoms with van der Waals surface area (Å²) in [6, 6.07) is 7.52. The summed E-state index contributed by atoms with van der Waals surface area (Å²) in [6.07, 6.45) is 2.61. The van der Waals surface area contributed by atoms with Crippen LogP contribution in [-0.4, -0.2) is 47.1 Å². The van der Waals surface area contributed by atoms with Crippen LogP contribution in [0.3, 0.4) is 0 Å². The first-order valence-corrected chi connectivity index (χ1v) is 11.6. The molecule has 0 radical (unpaired) electrons. The Labute approximate surface area is 200 Å². The smallest absolute Gasteiger partial charge is 0.295 e. The maximum atomic E-state index is 13.2. The van der Waals surface area contributed by atoms with E-state index in [1.807, 2.05) is 13.8 Å². The van der Waals surface area contributed by atoms with Crippen LogP contribution in [-0.2, 0) is 9.59 Å². The SMILES string of the molecule is CCCCCN1C(=O)C(=O)/C(=C(/O)c2cc(C)c(OC)cc2C)C1c1ccc(O)c(OCC)c1. The third-order valence-corrected chi connectivity index (χ3v) is 6.14. The van der Waals surface area contributed by atoms with Crippen molar-refractivity contribution >= 4 is 17.4 Å². The highest BCUT2D eigenvalue weighted by atomic mass is 16.5. The zero-order valence-corrected chi connectivity index (χ0v) is 20.5. The average Bonchev–Trinajstić information content (AvgIpc) is 3.06. The van der Waals surface area contributed by atoms with E-state index in [2.05, 4.69) is 6.92 Å². The first-order chi connectivity index (χ1) is 16.2. The summed E-state index contributed by atoms with van der Waals surface area (Å²) in [5, 5.41) is 21.6. The Morgan fingerprint density at radius 2 is 1.76 bits per heavy atom. The van der Waals surface area contributed by atoms with Gasteiger partial charge >= 0.3 is 0 Å². The molecule has 2 N–H and O–H groups in total. The van der Waals surface area contributed by atoms with Crippen molar-refractivity contribution in [3.05, 3.63) is 58.2 Å². The quantitative estimate of drug-likeness (QED) is 0.232. The lowest BCUT2D eigenvalue weighted by Crippen LogP contribution is -2.30. The number of aryl methyl sites for hydroxylation is 2. The monoisotopic (exact) mass is 467 g/mol. The lowest BCUT2D eigenvalue weighted by molar-refractivity contribution is -0.139. The molecule has 182 valence electrons. The van der Waals surface area contributed by atoms with E-state index in [0.717, 1.165) is 30.4 Å². The van der Waals surface area contributed by atoms with E-state index in [-0.39, 0.29) is 22.8 Å². The number of ether oxygens (including phenoxy) is 2. The molecule has 1 heterocycles. The largest absolute Gasteiger partial charge is 0.507 e. The lowest BCUT2D eigenvalue weighted by Gasteiger charge is -2.26. The second-order valence-corrected chi connectivity index (χ2v) is 8.50. The molecule has 1 aliphatic heterocycles. The number of benzene rings is 2. The molecule has 7 heteroatoms. The number of amides is 1. The van der Waals surface area contributed by atoms with Crippen molar-refractivity contribution in [2.45, 2.75) is 53.0 Å². The summed E-state index contributed by atoms with van der Waals surface area (Å²) in [7, 11) is 1.57. The second-order valence-electron chi connectivity index (χ2n) is 8.50. The second kappa shape index (κ2) is 10.6. The van der Waals surface area contributed by atoms with Gasteiger partial charge in [-0.05, 0) is 68.1 Å². The van der Waals surface area contributed by atoms with Crippen molar-refractivity contribution in [3.63, 3.8) is 0 Å². The number of hydrogen-bond acceptors (Lipinski definition) is 6. The highest BCUT2D eigenvalue weighted by Crippen LogP contribution is 2.42. The number of ketones is 1. The number of aliphatic hydroxyl groups is 1. The van der Waals surface area contributed by atoms with Crippen molar-refractivity contribution in [2.75, 3.05) is 20.3 Å². The van der Waals surface area contributed by atoms with Gasteiger partial charge in [-0.1, -0.05) is 25.8 Å². The lowest BCUT2D eigenvalue weighted by atomic mass is 9.92. The predicted octanol–water partition coefficient (Wildman–Crippen LogP) is 5.03. The minimum Gasteiger partial charge on any atom is -0.507 e. The number of phenolic OH excluding ortho intramolecular Hbond substituents is 1. The third kappa shape index (κ3) is 4.74. The summed E-state index contributed by atoms with van der Waals surface area (Å²) in [4.78, 5) is 27.8. The van der Waals surface area contributed by atoms with Gasteiger partial charge in [0.05, 0.1) is 25.3 Å². The molecule has 1 fully saturated rings. The number of phenols is 1. The molecule has 0 spiro atoms. The van der Waals surface area contributed by atoms with Crippen LogP contribution in [0, 0.1) is 13.8 Å². The number of carbonyl (C=O) groups excluding carboxylic acids is 2. The summed E-state index contributed by atoms with van der Waals surface area (Å²) in [5.41, 5.74) is 2.60. The molecule has 2 aromatic rings. The molecule has 0 bridgehead atoms. The van der Waals surface area contributed by atoms with Crippen molar-refractivity contribution in [3.8, 4) is 17.2 Å². The van der Waals surface area contributed by atoms with E-state index in [0.29, 0.717) is 30.0 Å². The summed E-state index contributed by atoms with van der Waals surface area (Å²) >= 11 is 0. The Hall–Kier alpha value is -3.48. The molecule has 1 unspecified atom stereocenters. The van der Waals surface area contributed by atoms with Crippen LogP contribution in [0.1, 0.15) is 61.4 Å². The first kappa shape index (κ1) is 25.1. The van der Waals surface area contributed by atoms with E-state index in [9.17, 15) is 19.8 Å². The van der Waals surface area contributed by atoms with Crippen LogP contribution in [0.15, 0.2) is 35.9 Å². The van der Waals surface area contributed by atoms with Crippen LogP contribution in [0.4, 0.5) is 0 Å². The standard InChI is InChI=1S/C27H33NO6/c1-6-8-9-12-28-24(18-10-11-20(29)22(15-18)34-7-2)23(26(31)27(28)32)25(30)19-13-17(4)21(33-5)14-16(19)3/h10-11,13-15,24,29-30H,6-9,12H2,1-5H3/b25-23+. The van der Waals surface area contributed by atoms with E-state index >= 15 is 0 Å². The van der Waals surface area contributed by atoms with Gasteiger partial charge in [0.2, 0.25) is 0 Å². The number of methoxy groups -OCH3 is 1. The molecule has 0 aliphatic carbocycles. The zero-order valence-electron chi connectivity index (χ0n) is 20.5. The van der Waals surface area contributed by atoms with Gasteiger partial charge < -0.3 is 24.6 Å². The summed E-state index contributed by atoms with van der Waals surface area (Å²) in [6.45, 7) is 8.26. The number of likely N-dealkylation sites (tertiary alicyclic amines) is 1.